The van der Waals surface area contributed by atoms with Gasteiger partial charge >= 0.3 is 5.97 Å². The van der Waals surface area contributed by atoms with Crippen LogP contribution in [0, 0.1) is 5.92 Å². The number of benzene rings is 1. The molecule has 0 saturated heterocycles. The fourth-order valence-electron chi connectivity index (χ4n) is 3.06. The maximum Gasteiger partial charge on any atom is 0.313 e. The van der Waals surface area contributed by atoms with Gasteiger partial charge in [0.25, 0.3) is 0 Å². The van der Waals surface area contributed by atoms with E-state index in [0.29, 0.717) is 13.2 Å². The highest BCUT2D eigenvalue weighted by molar-refractivity contribution is 5.79. The van der Waals surface area contributed by atoms with E-state index in [4.69, 9.17) is 18.9 Å². The first-order chi connectivity index (χ1) is 12.2. The molecule has 5 nitrogen and oxygen atoms in total. The zero-order valence-electron chi connectivity index (χ0n) is 15.1. The van der Waals surface area contributed by atoms with Crippen LogP contribution >= 0.6 is 0 Å². The van der Waals surface area contributed by atoms with Gasteiger partial charge in [0.1, 0.15) is 6.79 Å². The molecule has 0 amide bonds. The van der Waals surface area contributed by atoms with E-state index in [-0.39, 0.29) is 24.6 Å². The largest absolute Gasteiger partial charge is 0.469 e. The van der Waals surface area contributed by atoms with Gasteiger partial charge in [0, 0.05) is 14.2 Å². The molecule has 136 valence electrons. The number of allylic oxidation sites excluding steroid dienone is 4. The Morgan fingerprint density at radius 3 is 2.64 bits per heavy atom. The minimum absolute atomic E-state index is 0.0585. The molecule has 0 bridgehead atoms. The van der Waals surface area contributed by atoms with Crippen LogP contribution in [-0.4, -0.2) is 34.1 Å². The van der Waals surface area contributed by atoms with Gasteiger partial charge in [-0.3, -0.25) is 4.79 Å². The molecule has 1 aliphatic rings. The summed E-state index contributed by atoms with van der Waals surface area (Å²) in [6, 6.07) is 5.98. The van der Waals surface area contributed by atoms with Gasteiger partial charge in [-0.25, -0.2) is 0 Å². The van der Waals surface area contributed by atoms with Crippen LogP contribution in [0.5, 0.6) is 0 Å². The Bertz CT molecular complexity index is 621. The second kappa shape index (κ2) is 10.1. The third-order valence-electron chi connectivity index (χ3n) is 4.21. The summed E-state index contributed by atoms with van der Waals surface area (Å²) in [7, 11) is 4.67. The Morgan fingerprint density at radius 2 is 2.00 bits per heavy atom. The topological polar surface area (TPSA) is 54.0 Å². The van der Waals surface area contributed by atoms with Gasteiger partial charge in [0.2, 0.25) is 0 Å². The van der Waals surface area contributed by atoms with Crippen molar-refractivity contribution in [2.45, 2.75) is 25.6 Å². The van der Waals surface area contributed by atoms with Crippen molar-refractivity contribution in [1.29, 1.82) is 0 Å². The van der Waals surface area contributed by atoms with Crippen LogP contribution in [-0.2, 0) is 37.0 Å². The first kappa shape index (κ1) is 19.4. The van der Waals surface area contributed by atoms with Gasteiger partial charge < -0.3 is 18.9 Å². The predicted octanol–water partition coefficient (Wildman–Crippen LogP) is 3.34. The van der Waals surface area contributed by atoms with Crippen LogP contribution in [0.25, 0.3) is 0 Å². The summed E-state index contributed by atoms with van der Waals surface area (Å²) < 4.78 is 20.8. The number of carbonyl (C=O) groups excluding carboxylic acids is 1. The molecule has 0 heterocycles. The summed E-state index contributed by atoms with van der Waals surface area (Å²) in [6.07, 6.45) is 8.91. The molecule has 2 atom stereocenters. The van der Waals surface area contributed by atoms with Crippen molar-refractivity contribution >= 4 is 5.97 Å². The first-order valence-corrected chi connectivity index (χ1v) is 8.29. The van der Waals surface area contributed by atoms with E-state index < -0.39 is 0 Å². The zero-order valence-corrected chi connectivity index (χ0v) is 15.1. The minimum atomic E-state index is -0.376. The summed E-state index contributed by atoms with van der Waals surface area (Å²) >= 11 is 0. The van der Waals surface area contributed by atoms with E-state index in [9.17, 15) is 4.79 Å². The summed E-state index contributed by atoms with van der Waals surface area (Å²) in [6.45, 7) is 1.09. The number of carbonyl (C=O) groups is 1. The summed E-state index contributed by atoms with van der Waals surface area (Å²) in [4.78, 5) is 12.6. The highest BCUT2D eigenvalue weighted by atomic mass is 16.7. The van der Waals surface area contributed by atoms with Crippen LogP contribution in [0.2, 0.25) is 0 Å². The second-order valence-corrected chi connectivity index (χ2v) is 5.93. The van der Waals surface area contributed by atoms with Crippen LogP contribution in [0.4, 0.5) is 0 Å². The molecule has 0 aliphatic heterocycles. The third kappa shape index (κ3) is 5.26. The highest BCUT2D eigenvalue weighted by Crippen LogP contribution is 2.34. The summed E-state index contributed by atoms with van der Waals surface area (Å²) in [5.74, 6) is -0.556. The van der Waals surface area contributed by atoms with E-state index >= 15 is 0 Å². The van der Waals surface area contributed by atoms with Crippen molar-refractivity contribution in [3.05, 3.63) is 59.2 Å². The standard InChI is InChI=1S/C20H26O5/c1-22-13-17-10-9-15(12-25-14-23-2)11-18(17)19(20(21)24-3)16-7-5-4-6-8-16/h4-7,9-11,16,19H,8,12-14H2,1-3H3. The molecular weight excluding hydrogens is 320 g/mol. The van der Waals surface area contributed by atoms with E-state index in [0.717, 1.165) is 23.1 Å². The molecule has 2 unspecified atom stereocenters. The van der Waals surface area contributed by atoms with E-state index in [1.54, 1.807) is 14.2 Å². The quantitative estimate of drug-likeness (QED) is 0.390. The highest BCUT2D eigenvalue weighted by Gasteiger charge is 2.31. The van der Waals surface area contributed by atoms with E-state index in [1.165, 1.54) is 7.11 Å². The Labute approximate surface area is 149 Å². The van der Waals surface area contributed by atoms with Gasteiger partial charge in [0.05, 0.1) is 26.2 Å². The molecule has 2 rings (SSSR count). The Morgan fingerprint density at radius 1 is 1.16 bits per heavy atom. The second-order valence-electron chi connectivity index (χ2n) is 5.93. The molecule has 0 N–H and O–H groups in total. The molecule has 25 heavy (non-hydrogen) atoms. The van der Waals surface area contributed by atoms with Crippen molar-refractivity contribution in [3.8, 4) is 0 Å². The number of methoxy groups -OCH3 is 3. The lowest BCUT2D eigenvalue weighted by Gasteiger charge is -2.26. The van der Waals surface area contributed by atoms with Crippen molar-refractivity contribution < 1.29 is 23.7 Å². The number of esters is 1. The molecule has 0 fully saturated rings. The van der Waals surface area contributed by atoms with E-state index in [2.05, 4.69) is 12.2 Å². The van der Waals surface area contributed by atoms with Crippen molar-refractivity contribution in [1.82, 2.24) is 0 Å². The molecule has 0 saturated carbocycles. The molecule has 5 heteroatoms. The van der Waals surface area contributed by atoms with Crippen LogP contribution in [0.15, 0.2) is 42.5 Å². The Hall–Kier alpha value is -1.95. The van der Waals surface area contributed by atoms with Gasteiger partial charge in [0.15, 0.2) is 0 Å². The van der Waals surface area contributed by atoms with Gasteiger partial charge in [-0.1, -0.05) is 42.5 Å². The fraction of sp³-hybridized carbons (Fsp3) is 0.450. The minimum Gasteiger partial charge on any atom is -0.469 e. The lowest BCUT2D eigenvalue weighted by molar-refractivity contribution is -0.143. The van der Waals surface area contributed by atoms with E-state index in [1.807, 2.05) is 30.4 Å². The van der Waals surface area contributed by atoms with Gasteiger partial charge in [-0.2, -0.15) is 0 Å². The maximum atomic E-state index is 12.6. The average Bonchev–Trinajstić information content (AvgIpc) is 2.65. The molecule has 1 aliphatic carbocycles. The summed E-state index contributed by atoms with van der Waals surface area (Å²) in [5.41, 5.74) is 2.89. The van der Waals surface area contributed by atoms with Crippen molar-refractivity contribution in [3.63, 3.8) is 0 Å². The first-order valence-electron chi connectivity index (χ1n) is 8.29. The molecule has 1 aromatic carbocycles. The molecule has 0 aromatic heterocycles. The Balaban J connectivity index is 2.37. The zero-order chi connectivity index (χ0) is 18.1. The third-order valence-corrected chi connectivity index (χ3v) is 4.21. The fourth-order valence-corrected chi connectivity index (χ4v) is 3.06. The molecular formula is C20H26O5. The smallest absolute Gasteiger partial charge is 0.313 e. The number of hydrogen-bond donors (Lipinski definition) is 0. The van der Waals surface area contributed by atoms with Crippen LogP contribution in [0.3, 0.4) is 0 Å². The van der Waals surface area contributed by atoms with Crippen molar-refractivity contribution in [2.75, 3.05) is 28.1 Å². The van der Waals surface area contributed by atoms with Gasteiger partial charge in [-0.05, 0) is 29.0 Å². The number of rotatable bonds is 9. The number of ether oxygens (including phenoxy) is 4. The SMILES string of the molecule is COCOCc1ccc(COC)c(C(C(=O)OC)C2C=CC=CC2)c1. The lowest BCUT2D eigenvalue weighted by atomic mass is 9.80. The summed E-state index contributed by atoms with van der Waals surface area (Å²) in [5, 5.41) is 0. The molecule has 1 aromatic rings. The lowest BCUT2D eigenvalue weighted by Crippen LogP contribution is -2.24. The molecule has 0 radical (unpaired) electrons. The number of hydrogen-bond acceptors (Lipinski definition) is 5. The normalized spacial score (nSPS) is 17.5. The van der Waals surface area contributed by atoms with Gasteiger partial charge in [-0.15, -0.1) is 0 Å². The predicted molar refractivity (Wildman–Crippen MR) is 95.0 cm³/mol. The van der Waals surface area contributed by atoms with Crippen molar-refractivity contribution in [2.24, 2.45) is 5.92 Å². The van der Waals surface area contributed by atoms with Crippen LogP contribution < -0.4 is 0 Å². The molecule has 0 spiro atoms. The van der Waals surface area contributed by atoms with Crippen LogP contribution in [0.1, 0.15) is 29.0 Å². The Kier molecular flexibility index (Phi) is 7.85. The average molecular weight is 346 g/mol. The maximum absolute atomic E-state index is 12.6. The monoisotopic (exact) mass is 346 g/mol.